The second-order valence-electron chi connectivity index (χ2n) is 13.5. The molecule has 0 heterocycles. The van der Waals surface area contributed by atoms with Gasteiger partial charge in [-0.05, 0) is 37.0 Å². The van der Waals surface area contributed by atoms with E-state index in [0.29, 0.717) is 5.41 Å². The Balaban J connectivity index is 0.000000248. The van der Waals surface area contributed by atoms with Crippen LogP contribution in [-0.2, 0) is 42.5 Å². The fraction of sp³-hybridized carbons (Fsp3) is 0.302. The zero-order valence-electron chi connectivity index (χ0n) is 29.4. The van der Waals surface area contributed by atoms with Gasteiger partial charge in [-0.2, -0.15) is 46.5 Å². The van der Waals surface area contributed by atoms with Crippen LogP contribution in [-0.4, -0.2) is 3.21 Å². The fourth-order valence-electron chi connectivity index (χ4n) is 5.54. The fourth-order valence-corrected chi connectivity index (χ4v) is 6.61. The number of rotatable bonds is 5. The summed E-state index contributed by atoms with van der Waals surface area (Å²) in [7, 11) is 0. The molecule has 0 N–H and O–H groups in total. The van der Waals surface area contributed by atoms with Gasteiger partial charge in [0.1, 0.15) is 0 Å². The van der Waals surface area contributed by atoms with Gasteiger partial charge in [0.15, 0.2) is 0 Å². The van der Waals surface area contributed by atoms with E-state index >= 15 is 0 Å². The van der Waals surface area contributed by atoms with Gasteiger partial charge in [0.25, 0.3) is 0 Å². The number of aryl methyl sites for hydroxylation is 5. The van der Waals surface area contributed by atoms with Crippen LogP contribution in [0, 0.1) is 33.8 Å². The maximum absolute atomic E-state index is 5.86. The summed E-state index contributed by atoms with van der Waals surface area (Å²) in [5, 5.41) is 1.53. The first kappa shape index (κ1) is 42.3. The van der Waals surface area contributed by atoms with Crippen molar-refractivity contribution in [1.82, 2.24) is 0 Å². The van der Waals surface area contributed by atoms with Crippen molar-refractivity contribution >= 4 is 26.4 Å². The summed E-state index contributed by atoms with van der Waals surface area (Å²) in [6, 6.07) is 33.3. The van der Waals surface area contributed by atoms with E-state index in [4.69, 9.17) is 23.2 Å². The molecule has 0 saturated heterocycles. The second kappa shape index (κ2) is 18.9. The monoisotopic (exact) mass is 792 g/mol. The van der Waals surface area contributed by atoms with Crippen LogP contribution in [0.5, 0.6) is 0 Å². The summed E-state index contributed by atoms with van der Waals surface area (Å²) in [6.07, 6.45) is 4.89. The summed E-state index contributed by atoms with van der Waals surface area (Å²) in [5.74, 6) is 0. The van der Waals surface area contributed by atoms with Crippen LogP contribution < -0.4 is 24.8 Å². The van der Waals surface area contributed by atoms with Crippen molar-refractivity contribution in [1.29, 1.82) is 0 Å². The first-order valence-electron chi connectivity index (χ1n) is 16.3. The van der Waals surface area contributed by atoms with Gasteiger partial charge in [-0.15, -0.1) is 11.1 Å². The molecular weight excluding hydrogens is 750 g/mol. The van der Waals surface area contributed by atoms with Gasteiger partial charge in [0.2, 0.25) is 0 Å². The van der Waals surface area contributed by atoms with Gasteiger partial charge in [-0.3, -0.25) is 0 Å². The first-order chi connectivity index (χ1) is 21.8. The first-order valence-corrected chi connectivity index (χ1v) is 18.2. The van der Waals surface area contributed by atoms with Gasteiger partial charge in [-0.25, -0.2) is 6.07 Å². The SMILES string of the molecule is CCCCc1cc(C(C)(C)C)c[cH-]1.Cc1[c-]c2c(cc1C)-c1cc(C)c(C)cc1C2.Clc1ccc([C](=[Zr+2])c2ccc(Cl)cc2)cc1.[Cl-].[Cl-]. The molecule has 0 amide bonds. The molecule has 5 aromatic rings. The standard InChI is InChI=1S/C17H17.C13H8Cl2.C13H21.2ClH.Zr/c1-10-5-14-9-15-6-11(2)13(4)8-17(15)16(14)7-12(10)3;14-12-5-1-10(2-6-12)9-11-3-7-13(15)8-4-11;1-5-6-7-11-8-9-12(10-11)13(2,3)4;;;/h5,7-8H,9H2,1-4H3;1-8H;8-10H,5-7H2,1-4H3;2*1H;/q-1;;-1;;;+2/p-2. The van der Waals surface area contributed by atoms with Crippen LogP contribution in [0.25, 0.3) is 11.1 Å². The predicted molar refractivity (Wildman–Crippen MR) is 198 cm³/mol. The van der Waals surface area contributed by atoms with Crippen LogP contribution in [0.4, 0.5) is 0 Å². The number of benzene rings is 4. The molecule has 5 heteroatoms. The summed E-state index contributed by atoms with van der Waals surface area (Å²) in [5.41, 5.74) is 16.8. The third-order valence-electron chi connectivity index (χ3n) is 8.76. The van der Waals surface area contributed by atoms with Gasteiger partial charge >= 0.3 is 120 Å². The zero-order valence-corrected chi connectivity index (χ0v) is 34.9. The van der Waals surface area contributed by atoms with Crippen molar-refractivity contribution in [3.8, 4) is 11.1 Å². The molecule has 5 aromatic carbocycles. The predicted octanol–water partition coefficient (Wildman–Crippen LogP) is 6.45. The summed E-state index contributed by atoms with van der Waals surface area (Å²) < 4.78 is 1.31. The van der Waals surface area contributed by atoms with Crippen molar-refractivity contribution in [3.63, 3.8) is 0 Å². The Kier molecular flexibility index (Phi) is 16.7. The zero-order chi connectivity index (χ0) is 33.6. The molecule has 0 nitrogen and oxygen atoms in total. The molecular formula is C43H46Cl4Zr-2. The number of halogens is 4. The van der Waals surface area contributed by atoms with Gasteiger partial charge in [0.05, 0.1) is 0 Å². The van der Waals surface area contributed by atoms with Gasteiger partial charge in [0, 0.05) is 0 Å². The second-order valence-corrected chi connectivity index (χ2v) is 15.6. The largest absolute Gasteiger partial charge is 1.00 e. The molecule has 0 aliphatic heterocycles. The Labute approximate surface area is 327 Å². The van der Waals surface area contributed by atoms with Crippen LogP contribution in [0.2, 0.25) is 10.0 Å². The molecule has 0 unspecified atom stereocenters. The number of fused-ring (bicyclic) bond motifs is 3. The van der Waals surface area contributed by atoms with Crippen LogP contribution in [0.15, 0.2) is 84.9 Å². The molecule has 0 spiro atoms. The Morgan fingerprint density at radius 1 is 0.771 bits per heavy atom. The molecule has 0 bridgehead atoms. The third kappa shape index (κ3) is 11.3. The van der Waals surface area contributed by atoms with Crippen molar-refractivity contribution in [3.05, 3.63) is 157 Å². The summed E-state index contributed by atoms with van der Waals surface area (Å²) in [6.45, 7) is 17.8. The molecule has 0 fully saturated rings. The minimum Gasteiger partial charge on any atom is -1.00 e. The molecule has 0 radical (unpaired) electrons. The van der Waals surface area contributed by atoms with E-state index in [9.17, 15) is 0 Å². The van der Waals surface area contributed by atoms with E-state index in [1.54, 1.807) is 0 Å². The molecule has 1 aliphatic rings. The quantitative estimate of drug-likeness (QED) is 0.176. The van der Waals surface area contributed by atoms with Crippen LogP contribution in [0.1, 0.15) is 96.2 Å². The van der Waals surface area contributed by atoms with Crippen molar-refractivity contribution in [2.45, 2.75) is 86.5 Å². The number of hydrogen-bond donors (Lipinski definition) is 0. The van der Waals surface area contributed by atoms with E-state index in [2.05, 4.69) is 97.9 Å². The molecule has 48 heavy (non-hydrogen) atoms. The maximum atomic E-state index is 5.86. The minimum atomic E-state index is 0. The van der Waals surface area contributed by atoms with Crippen LogP contribution in [0.3, 0.4) is 0 Å². The van der Waals surface area contributed by atoms with Gasteiger partial charge in [-0.1, -0.05) is 83.9 Å². The molecule has 0 atom stereocenters. The molecule has 6 rings (SSSR count). The average molecular weight is 796 g/mol. The van der Waals surface area contributed by atoms with E-state index in [1.165, 1.54) is 113 Å². The summed E-state index contributed by atoms with van der Waals surface area (Å²) >= 11 is 13.1. The Morgan fingerprint density at radius 2 is 1.29 bits per heavy atom. The van der Waals surface area contributed by atoms with Gasteiger partial charge < -0.3 is 24.8 Å². The third-order valence-corrected chi connectivity index (χ3v) is 10.7. The Morgan fingerprint density at radius 3 is 1.79 bits per heavy atom. The minimum absolute atomic E-state index is 0. The van der Waals surface area contributed by atoms with Crippen molar-refractivity contribution in [2.24, 2.45) is 0 Å². The molecule has 0 saturated carbocycles. The molecule has 0 aromatic heterocycles. The topological polar surface area (TPSA) is 0 Å². The Bertz CT molecular complexity index is 1690. The van der Waals surface area contributed by atoms with E-state index in [-0.39, 0.29) is 24.8 Å². The smallest absolute Gasteiger partial charge is 1.00 e. The maximum Gasteiger partial charge on any atom is -1.00 e. The van der Waals surface area contributed by atoms with E-state index < -0.39 is 0 Å². The van der Waals surface area contributed by atoms with Crippen LogP contribution >= 0.6 is 23.2 Å². The number of unbranched alkanes of at least 4 members (excludes halogenated alkanes) is 1. The average Bonchev–Trinajstić information content (AvgIpc) is 3.63. The molecule has 1 aliphatic carbocycles. The van der Waals surface area contributed by atoms with Crippen molar-refractivity contribution < 1.29 is 49.0 Å². The summed E-state index contributed by atoms with van der Waals surface area (Å²) in [4.78, 5) is 0. The number of hydrogen-bond acceptors (Lipinski definition) is 0. The Hall–Kier alpha value is -1.86. The normalized spacial score (nSPS) is 11.1. The molecule has 252 valence electrons. The van der Waals surface area contributed by atoms with Crippen molar-refractivity contribution in [2.75, 3.05) is 0 Å². The van der Waals surface area contributed by atoms with E-state index in [1.807, 2.05) is 48.5 Å². The van der Waals surface area contributed by atoms with E-state index in [0.717, 1.165) is 16.5 Å².